The Hall–Kier alpha value is -1.17. The highest BCUT2D eigenvalue weighted by Gasteiger charge is 2.36. The lowest BCUT2D eigenvalue weighted by Gasteiger charge is -2.37. The third-order valence-corrected chi connectivity index (χ3v) is 5.95. The molecule has 1 aromatic rings. The average Bonchev–Trinajstić information content (AvgIpc) is 3.20. The van der Waals surface area contributed by atoms with Crippen molar-refractivity contribution >= 4 is 22.4 Å². The van der Waals surface area contributed by atoms with E-state index >= 15 is 0 Å². The molecule has 22 heavy (non-hydrogen) atoms. The number of carbonyl (C=O) groups is 1. The van der Waals surface area contributed by atoms with E-state index in [1.807, 2.05) is 11.9 Å². The predicted octanol–water partition coefficient (Wildman–Crippen LogP) is 2.67. The standard InChI is InChI=1S/C16H26N4OS/c1-16(2,3)14-17-18-15(22-14)20-9-5-6-12(10-20)19(4)13(21)11-7-8-11/h11-12H,5-10H2,1-4H3. The van der Waals surface area contributed by atoms with Crippen LogP contribution in [0.2, 0.25) is 0 Å². The molecule has 6 heteroatoms. The largest absolute Gasteiger partial charge is 0.345 e. The summed E-state index contributed by atoms with van der Waals surface area (Å²) in [6.45, 7) is 8.39. The third kappa shape index (κ3) is 3.26. The molecule has 5 nitrogen and oxygen atoms in total. The Morgan fingerprint density at radius 2 is 2.00 bits per heavy atom. The van der Waals surface area contributed by atoms with Crippen LogP contribution in [0.25, 0.3) is 0 Å². The molecule has 1 saturated carbocycles. The van der Waals surface area contributed by atoms with Crippen LogP contribution in [0.1, 0.15) is 51.5 Å². The van der Waals surface area contributed by atoms with Gasteiger partial charge >= 0.3 is 0 Å². The molecule has 3 rings (SSSR count). The van der Waals surface area contributed by atoms with Crippen LogP contribution in [0.15, 0.2) is 0 Å². The van der Waals surface area contributed by atoms with Gasteiger partial charge in [-0.05, 0) is 25.7 Å². The highest BCUT2D eigenvalue weighted by atomic mass is 32.1. The maximum Gasteiger partial charge on any atom is 0.225 e. The van der Waals surface area contributed by atoms with Gasteiger partial charge in [0.05, 0.1) is 0 Å². The van der Waals surface area contributed by atoms with Crippen LogP contribution in [0.5, 0.6) is 0 Å². The van der Waals surface area contributed by atoms with Crippen molar-refractivity contribution in [3.05, 3.63) is 5.01 Å². The molecule has 1 atom stereocenters. The quantitative estimate of drug-likeness (QED) is 0.858. The highest BCUT2D eigenvalue weighted by molar-refractivity contribution is 7.15. The molecule has 1 unspecified atom stereocenters. The second kappa shape index (κ2) is 5.80. The maximum atomic E-state index is 12.3. The van der Waals surface area contributed by atoms with Gasteiger partial charge in [0.15, 0.2) is 0 Å². The van der Waals surface area contributed by atoms with Crippen molar-refractivity contribution < 1.29 is 4.79 Å². The summed E-state index contributed by atoms with van der Waals surface area (Å²) in [5, 5.41) is 10.8. The second-order valence-electron chi connectivity index (χ2n) is 7.61. The summed E-state index contributed by atoms with van der Waals surface area (Å²) in [4.78, 5) is 16.6. The number of nitrogens with zero attached hydrogens (tertiary/aromatic N) is 4. The molecule has 2 heterocycles. The zero-order chi connectivity index (χ0) is 15.9. The van der Waals surface area contributed by atoms with Gasteiger partial charge in [0.1, 0.15) is 5.01 Å². The molecule has 1 aliphatic heterocycles. The fourth-order valence-electron chi connectivity index (χ4n) is 2.89. The number of aromatic nitrogens is 2. The molecule has 2 fully saturated rings. The molecule has 0 spiro atoms. The monoisotopic (exact) mass is 322 g/mol. The van der Waals surface area contributed by atoms with Crippen LogP contribution in [-0.4, -0.2) is 47.2 Å². The number of piperidine rings is 1. The van der Waals surface area contributed by atoms with E-state index < -0.39 is 0 Å². The van der Waals surface area contributed by atoms with Gasteiger partial charge in [-0.3, -0.25) is 4.79 Å². The molecule has 0 aromatic carbocycles. The third-order valence-electron chi connectivity index (χ3n) is 4.54. The number of anilines is 1. The lowest BCUT2D eigenvalue weighted by Crippen LogP contribution is -2.49. The molecule has 1 saturated heterocycles. The topological polar surface area (TPSA) is 49.3 Å². The Bertz CT molecular complexity index is 547. The van der Waals surface area contributed by atoms with E-state index in [1.165, 1.54) is 0 Å². The van der Waals surface area contributed by atoms with Crippen LogP contribution in [-0.2, 0) is 10.2 Å². The fraction of sp³-hybridized carbons (Fsp3) is 0.812. The number of rotatable bonds is 3. The van der Waals surface area contributed by atoms with Crippen molar-refractivity contribution in [3.63, 3.8) is 0 Å². The van der Waals surface area contributed by atoms with Gasteiger partial charge in [0.25, 0.3) is 0 Å². The molecular weight excluding hydrogens is 296 g/mol. The van der Waals surface area contributed by atoms with E-state index in [9.17, 15) is 4.79 Å². The minimum atomic E-state index is 0.0455. The van der Waals surface area contributed by atoms with Gasteiger partial charge in [-0.2, -0.15) is 0 Å². The summed E-state index contributed by atoms with van der Waals surface area (Å²) < 4.78 is 0. The second-order valence-corrected chi connectivity index (χ2v) is 8.56. The Balaban J connectivity index is 1.67. The number of amides is 1. The smallest absolute Gasteiger partial charge is 0.225 e. The molecule has 2 aliphatic rings. The highest BCUT2D eigenvalue weighted by Crippen LogP contribution is 2.34. The summed E-state index contributed by atoms with van der Waals surface area (Å²) in [7, 11) is 1.97. The molecule has 122 valence electrons. The minimum absolute atomic E-state index is 0.0455. The lowest BCUT2D eigenvalue weighted by atomic mass is 9.98. The Morgan fingerprint density at radius 3 is 2.59 bits per heavy atom. The fourth-order valence-corrected chi connectivity index (χ4v) is 3.83. The van der Waals surface area contributed by atoms with E-state index in [1.54, 1.807) is 11.3 Å². The van der Waals surface area contributed by atoms with Gasteiger partial charge in [0.2, 0.25) is 11.0 Å². The van der Waals surface area contributed by atoms with Crippen molar-refractivity contribution in [2.75, 3.05) is 25.0 Å². The average molecular weight is 322 g/mol. The Kier molecular flexibility index (Phi) is 4.14. The van der Waals surface area contributed by atoms with Crippen molar-refractivity contribution in [2.24, 2.45) is 5.92 Å². The van der Waals surface area contributed by atoms with Crippen molar-refractivity contribution in [1.29, 1.82) is 0 Å². The first-order chi connectivity index (χ1) is 10.4. The van der Waals surface area contributed by atoms with Gasteiger partial charge < -0.3 is 9.80 Å². The SMILES string of the molecule is CN(C(=O)C1CC1)C1CCCN(c2nnc(C(C)(C)C)s2)C1. The number of hydrogen-bond acceptors (Lipinski definition) is 5. The number of likely N-dealkylation sites (N-methyl/N-ethyl adjacent to an activating group) is 1. The first-order valence-electron chi connectivity index (χ1n) is 8.22. The molecule has 1 aliphatic carbocycles. The summed E-state index contributed by atoms with van der Waals surface area (Å²) in [6, 6.07) is 0.309. The van der Waals surface area contributed by atoms with E-state index in [0.717, 1.165) is 48.9 Å². The Labute approximate surface area is 136 Å². The summed E-state index contributed by atoms with van der Waals surface area (Å²) in [5.74, 6) is 0.633. The maximum absolute atomic E-state index is 12.3. The van der Waals surface area contributed by atoms with Crippen LogP contribution in [0, 0.1) is 5.92 Å². The van der Waals surface area contributed by atoms with E-state index in [0.29, 0.717) is 17.9 Å². The minimum Gasteiger partial charge on any atom is -0.345 e. The zero-order valence-electron chi connectivity index (χ0n) is 14.0. The first kappa shape index (κ1) is 15.7. The summed E-state index contributed by atoms with van der Waals surface area (Å²) in [5.41, 5.74) is 0.0455. The summed E-state index contributed by atoms with van der Waals surface area (Å²) in [6.07, 6.45) is 4.35. The van der Waals surface area contributed by atoms with Crippen molar-refractivity contribution in [3.8, 4) is 0 Å². The molecule has 0 radical (unpaired) electrons. The summed E-state index contributed by atoms with van der Waals surface area (Å²) >= 11 is 1.69. The van der Waals surface area contributed by atoms with E-state index in [2.05, 4.69) is 35.9 Å². The van der Waals surface area contributed by atoms with Gasteiger partial charge in [-0.25, -0.2) is 0 Å². The lowest BCUT2D eigenvalue weighted by molar-refractivity contribution is -0.133. The van der Waals surface area contributed by atoms with Gasteiger partial charge in [0, 0.05) is 37.5 Å². The molecule has 1 aromatic heterocycles. The van der Waals surface area contributed by atoms with E-state index in [-0.39, 0.29) is 5.41 Å². The van der Waals surface area contributed by atoms with Gasteiger partial charge in [-0.1, -0.05) is 32.1 Å². The molecule has 1 amide bonds. The first-order valence-corrected chi connectivity index (χ1v) is 9.03. The van der Waals surface area contributed by atoms with Crippen molar-refractivity contribution in [1.82, 2.24) is 15.1 Å². The number of hydrogen-bond donors (Lipinski definition) is 0. The predicted molar refractivity (Wildman–Crippen MR) is 89.3 cm³/mol. The normalized spacial score (nSPS) is 22.7. The Morgan fingerprint density at radius 1 is 1.27 bits per heavy atom. The van der Waals surface area contributed by atoms with E-state index in [4.69, 9.17) is 0 Å². The zero-order valence-corrected chi connectivity index (χ0v) is 14.8. The van der Waals surface area contributed by atoms with Crippen LogP contribution in [0.3, 0.4) is 0 Å². The molecular formula is C16H26N4OS. The van der Waals surface area contributed by atoms with Crippen molar-refractivity contribution in [2.45, 2.75) is 57.9 Å². The molecule has 0 N–H and O–H groups in total. The van der Waals surface area contributed by atoms with Crippen LogP contribution < -0.4 is 4.90 Å². The van der Waals surface area contributed by atoms with Crippen LogP contribution >= 0.6 is 11.3 Å². The molecule has 0 bridgehead atoms. The number of carbonyl (C=O) groups excluding carboxylic acids is 1. The van der Waals surface area contributed by atoms with Gasteiger partial charge in [-0.15, -0.1) is 10.2 Å². The van der Waals surface area contributed by atoms with Crippen LogP contribution in [0.4, 0.5) is 5.13 Å².